The van der Waals surface area contributed by atoms with E-state index in [4.69, 9.17) is 14.2 Å². The molecule has 3 N–H and O–H groups in total. The molecular weight excluding hydrogens is 452 g/mol. The Balaban J connectivity index is 1.07. The summed E-state index contributed by atoms with van der Waals surface area (Å²) in [6.45, 7) is 1.73. The number of fused-ring (bicyclic) bond motifs is 3. The lowest BCUT2D eigenvalue weighted by Crippen LogP contribution is -2.33. The van der Waals surface area contributed by atoms with Crippen LogP contribution in [-0.4, -0.2) is 49.6 Å². The van der Waals surface area contributed by atoms with E-state index in [1.165, 1.54) is 0 Å². The minimum atomic E-state index is -0.634. The molecule has 6 heteroatoms. The van der Waals surface area contributed by atoms with Gasteiger partial charge in [0.15, 0.2) is 0 Å². The number of benzene rings is 4. The number of aliphatic hydroxyl groups excluding tert-OH is 1. The largest absolute Gasteiger partial charge is 0.496 e. The van der Waals surface area contributed by atoms with Crippen LogP contribution in [0.25, 0.3) is 32.9 Å². The van der Waals surface area contributed by atoms with Gasteiger partial charge in [-0.25, -0.2) is 0 Å². The molecule has 6 nitrogen and oxygen atoms in total. The minimum Gasteiger partial charge on any atom is -0.496 e. The van der Waals surface area contributed by atoms with E-state index in [9.17, 15) is 5.11 Å². The average Bonchev–Trinajstić information content (AvgIpc) is 3.31. The van der Waals surface area contributed by atoms with Crippen LogP contribution in [0.15, 0.2) is 91.0 Å². The van der Waals surface area contributed by atoms with Crippen LogP contribution in [0.2, 0.25) is 0 Å². The standard InChI is InChI=1S/C30H30N2O4/c1-34-28-11-5-3-7-24(28)21-13-15-23(16-14-21)35-18-17-31-19-22(33)20-36-29-12-6-10-27-30(29)25-8-2-4-9-26(25)32-27/h2-16,22,31-33H,17-20H2,1H3. The number of aliphatic hydroxyl groups is 1. The van der Waals surface area contributed by atoms with Crippen LogP contribution in [0.4, 0.5) is 0 Å². The highest BCUT2D eigenvalue weighted by Gasteiger charge is 2.11. The van der Waals surface area contributed by atoms with Gasteiger partial charge in [-0.15, -0.1) is 0 Å². The van der Waals surface area contributed by atoms with Crippen LogP contribution < -0.4 is 19.5 Å². The van der Waals surface area contributed by atoms with Crippen molar-refractivity contribution in [3.8, 4) is 28.4 Å². The Hall–Kier alpha value is -4.00. The first kappa shape index (κ1) is 23.7. The number of hydrogen-bond acceptors (Lipinski definition) is 5. The van der Waals surface area contributed by atoms with E-state index in [2.05, 4.69) is 22.4 Å². The fraction of sp³-hybridized carbons (Fsp3) is 0.200. The van der Waals surface area contributed by atoms with E-state index in [1.807, 2.05) is 78.9 Å². The lowest BCUT2D eigenvalue weighted by molar-refractivity contribution is 0.106. The summed E-state index contributed by atoms with van der Waals surface area (Å²) >= 11 is 0. The Bertz CT molecular complexity index is 1430. The number of para-hydroxylation sites is 2. The van der Waals surface area contributed by atoms with Crippen molar-refractivity contribution in [3.05, 3.63) is 91.0 Å². The number of methoxy groups -OCH3 is 1. The van der Waals surface area contributed by atoms with Gasteiger partial charge in [0.25, 0.3) is 0 Å². The highest BCUT2D eigenvalue weighted by molar-refractivity contribution is 6.10. The quantitative estimate of drug-likeness (QED) is 0.220. The van der Waals surface area contributed by atoms with Crippen LogP contribution >= 0.6 is 0 Å². The maximum atomic E-state index is 10.4. The van der Waals surface area contributed by atoms with Gasteiger partial charge in [-0.2, -0.15) is 0 Å². The zero-order valence-electron chi connectivity index (χ0n) is 20.2. The maximum absolute atomic E-state index is 10.4. The molecule has 5 aromatic rings. The third-order valence-corrected chi connectivity index (χ3v) is 6.12. The molecule has 5 rings (SSSR count). The van der Waals surface area contributed by atoms with E-state index < -0.39 is 6.10 Å². The minimum absolute atomic E-state index is 0.205. The van der Waals surface area contributed by atoms with Gasteiger partial charge >= 0.3 is 0 Å². The van der Waals surface area contributed by atoms with Crippen molar-refractivity contribution < 1.29 is 19.3 Å². The molecular formula is C30H30N2O4. The van der Waals surface area contributed by atoms with Crippen molar-refractivity contribution in [2.24, 2.45) is 0 Å². The van der Waals surface area contributed by atoms with Gasteiger partial charge in [-0.1, -0.05) is 54.6 Å². The van der Waals surface area contributed by atoms with Crippen LogP contribution in [0.3, 0.4) is 0 Å². The predicted molar refractivity (Wildman–Crippen MR) is 144 cm³/mol. The van der Waals surface area contributed by atoms with Crippen LogP contribution in [0, 0.1) is 0 Å². The van der Waals surface area contributed by atoms with Gasteiger partial charge in [0.05, 0.1) is 12.6 Å². The Morgan fingerprint density at radius 2 is 1.56 bits per heavy atom. The molecule has 0 aliphatic carbocycles. The first-order valence-corrected chi connectivity index (χ1v) is 12.1. The molecule has 0 spiro atoms. The molecule has 0 fully saturated rings. The van der Waals surface area contributed by atoms with Crippen LogP contribution in [0.5, 0.6) is 17.2 Å². The van der Waals surface area contributed by atoms with E-state index in [0.29, 0.717) is 19.7 Å². The molecule has 184 valence electrons. The Morgan fingerprint density at radius 1 is 0.806 bits per heavy atom. The second kappa shape index (κ2) is 11.2. The molecule has 1 atom stereocenters. The summed E-state index contributed by atoms with van der Waals surface area (Å²) < 4.78 is 17.3. The van der Waals surface area contributed by atoms with Crippen LogP contribution in [-0.2, 0) is 0 Å². The van der Waals surface area contributed by atoms with Gasteiger partial charge < -0.3 is 29.6 Å². The van der Waals surface area contributed by atoms with Crippen molar-refractivity contribution in [2.45, 2.75) is 6.10 Å². The molecule has 0 aliphatic heterocycles. The number of aromatic amines is 1. The first-order chi connectivity index (χ1) is 17.7. The number of H-pyrrole nitrogens is 1. The summed E-state index contributed by atoms with van der Waals surface area (Å²) in [5, 5.41) is 15.8. The van der Waals surface area contributed by atoms with Crippen LogP contribution in [0.1, 0.15) is 0 Å². The number of ether oxygens (including phenoxy) is 3. The summed E-state index contributed by atoms with van der Waals surface area (Å²) in [4.78, 5) is 3.41. The fourth-order valence-electron chi connectivity index (χ4n) is 4.36. The molecule has 1 unspecified atom stereocenters. The van der Waals surface area contributed by atoms with Crippen molar-refractivity contribution in [2.75, 3.05) is 33.4 Å². The number of hydrogen-bond donors (Lipinski definition) is 3. The summed E-state index contributed by atoms with van der Waals surface area (Å²) in [7, 11) is 1.68. The molecule has 0 radical (unpaired) electrons. The molecule has 0 saturated heterocycles. The van der Waals surface area contributed by atoms with Gasteiger partial charge in [0.1, 0.15) is 36.6 Å². The maximum Gasteiger partial charge on any atom is 0.129 e. The van der Waals surface area contributed by atoms with Gasteiger partial charge in [-0.05, 0) is 42.0 Å². The van der Waals surface area contributed by atoms with Gasteiger partial charge in [0.2, 0.25) is 0 Å². The van der Waals surface area contributed by atoms with Gasteiger partial charge in [-0.3, -0.25) is 0 Å². The second-order valence-electron chi connectivity index (χ2n) is 8.59. The first-order valence-electron chi connectivity index (χ1n) is 12.1. The van der Waals surface area contributed by atoms with E-state index in [1.54, 1.807) is 7.11 Å². The summed E-state index contributed by atoms with van der Waals surface area (Å²) in [6.07, 6.45) is -0.634. The third-order valence-electron chi connectivity index (χ3n) is 6.12. The van der Waals surface area contributed by atoms with E-state index >= 15 is 0 Å². The van der Waals surface area contributed by atoms with Gasteiger partial charge in [0, 0.05) is 34.9 Å². The number of aromatic nitrogens is 1. The molecule has 1 aromatic heterocycles. The summed E-state index contributed by atoms with van der Waals surface area (Å²) in [6, 6.07) is 30.0. The van der Waals surface area contributed by atoms with Crippen molar-refractivity contribution in [3.63, 3.8) is 0 Å². The SMILES string of the molecule is COc1ccccc1-c1ccc(OCCNCC(O)COc2cccc3[nH]c4ccccc4c23)cc1. The lowest BCUT2D eigenvalue weighted by Gasteiger charge is -2.14. The van der Waals surface area contributed by atoms with E-state index in [-0.39, 0.29) is 6.61 Å². The van der Waals surface area contributed by atoms with Crippen molar-refractivity contribution >= 4 is 21.8 Å². The second-order valence-corrected chi connectivity index (χ2v) is 8.59. The highest BCUT2D eigenvalue weighted by atomic mass is 16.5. The normalized spacial score (nSPS) is 12.1. The number of nitrogens with one attached hydrogen (secondary N) is 2. The third kappa shape index (κ3) is 5.30. The monoisotopic (exact) mass is 482 g/mol. The Labute approximate surface area is 210 Å². The zero-order chi connectivity index (χ0) is 24.7. The molecule has 0 aliphatic rings. The molecule has 0 amide bonds. The smallest absolute Gasteiger partial charge is 0.129 e. The highest BCUT2D eigenvalue weighted by Crippen LogP contribution is 2.33. The molecule has 4 aromatic carbocycles. The fourth-order valence-corrected chi connectivity index (χ4v) is 4.36. The average molecular weight is 483 g/mol. The number of rotatable bonds is 11. The summed E-state index contributed by atoms with van der Waals surface area (Å²) in [5.41, 5.74) is 4.21. The van der Waals surface area contributed by atoms with Crippen molar-refractivity contribution in [1.29, 1.82) is 0 Å². The lowest BCUT2D eigenvalue weighted by atomic mass is 10.0. The summed E-state index contributed by atoms with van der Waals surface area (Å²) in [5.74, 6) is 2.41. The Morgan fingerprint density at radius 3 is 2.42 bits per heavy atom. The molecule has 1 heterocycles. The van der Waals surface area contributed by atoms with Crippen molar-refractivity contribution in [1.82, 2.24) is 10.3 Å². The predicted octanol–water partition coefficient (Wildman–Crippen LogP) is 5.41. The topological polar surface area (TPSA) is 75.7 Å². The van der Waals surface area contributed by atoms with E-state index in [0.717, 1.165) is 50.2 Å². The zero-order valence-corrected chi connectivity index (χ0v) is 20.2. The molecule has 36 heavy (non-hydrogen) atoms. The molecule has 0 bridgehead atoms. The molecule has 0 saturated carbocycles. The Kier molecular flexibility index (Phi) is 7.36.